The third-order valence-electron chi connectivity index (χ3n) is 1.42. The number of carbonyl (C=O) groups is 1. The normalized spacial score (nSPS) is 9.86. The average Bonchev–Trinajstić information content (AvgIpc) is 2.01. The Kier molecular flexibility index (Phi) is 3.39. The van der Waals surface area contributed by atoms with Crippen molar-refractivity contribution in [1.82, 2.24) is 0 Å². The van der Waals surface area contributed by atoms with E-state index >= 15 is 0 Å². The fourth-order valence-corrected chi connectivity index (χ4v) is 0.868. The Morgan fingerprint density at radius 3 is 2.36 bits per heavy atom. The Morgan fingerprint density at radius 1 is 1.29 bits per heavy atom. The van der Waals surface area contributed by atoms with Crippen molar-refractivity contribution in [3.63, 3.8) is 0 Å². The number of ether oxygens (including phenoxy) is 1. The van der Waals surface area contributed by atoms with Gasteiger partial charge in [-0.2, -0.15) is 0 Å². The van der Waals surface area contributed by atoms with Gasteiger partial charge >= 0.3 is 5.97 Å². The molecule has 1 rings (SSSR count). The zero-order chi connectivity index (χ0) is 10.6. The van der Waals surface area contributed by atoms with Crippen molar-refractivity contribution < 1.29 is 23.4 Å². The predicted molar refractivity (Wildman–Crippen MR) is 44.1 cm³/mol. The number of benzene rings is 1. The zero-order valence-corrected chi connectivity index (χ0v) is 7.17. The van der Waals surface area contributed by atoms with E-state index in [9.17, 15) is 13.6 Å². The second-order valence-corrected chi connectivity index (χ2v) is 2.60. The van der Waals surface area contributed by atoms with Crippen LogP contribution in [0.2, 0.25) is 0 Å². The molecule has 0 aliphatic heterocycles. The summed E-state index contributed by atoms with van der Waals surface area (Å²) in [5.41, 5.74) is 0. The summed E-state index contributed by atoms with van der Waals surface area (Å²) in [4.78, 5) is 10.1. The molecule has 0 heterocycles. The lowest BCUT2D eigenvalue weighted by atomic mass is 10.3. The Balaban J connectivity index is 2.54. The lowest BCUT2D eigenvalue weighted by Crippen LogP contribution is -2.05. The fourth-order valence-electron chi connectivity index (χ4n) is 0.868. The molecular weight excluding hydrogens is 194 g/mol. The first-order valence-corrected chi connectivity index (χ1v) is 3.88. The van der Waals surface area contributed by atoms with Crippen LogP contribution in [0.4, 0.5) is 8.78 Å². The van der Waals surface area contributed by atoms with E-state index < -0.39 is 17.6 Å². The van der Waals surface area contributed by atoms with Gasteiger partial charge in [0.15, 0.2) is 0 Å². The van der Waals surface area contributed by atoms with Gasteiger partial charge in [0.25, 0.3) is 0 Å². The molecule has 3 nitrogen and oxygen atoms in total. The number of rotatable bonds is 4. The van der Waals surface area contributed by atoms with Crippen molar-refractivity contribution in [3.05, 3.63) is 29.8 Å². The van der Waals surface area contributed by atoms with Gasteiger partial charge < -0.3 is 9.84 Å². The second-order valence-electron chi connectivity index (χ2n) is 2.60. The van der Waals surface area contributed by atoms with Crippen LogP contribution >= 0.6 is 0 Å². The monoisotopic (exact) mass is 202 g/mol. The minimum atomic E-state index is -1.03. The zero-order valence-electron chi connectivity index (χ0n) is 7.17. The maximum atomic E-state index is 12.6. The summed E-state index contributed by atoms with van der Waals surface area (Å²) in [5.74, 6) is -2.55. The molecule has 0 unspecified atom stereocenters. The summed E-state index contributed by atoms with van der Waals surface area (Å²) < 4.78 is 30.0. The molecule has 0 saturated heterocycles. The standard InChI is InChI=1S/C9H8F2O3/c10-6-3-7(11)5-8(4-6)14-2-1-9(12)13/h3-5H,1-2H2,(H,12,13). The molecule has 1 aromatic carbocycles. The molecule has 5 heteroatoms. The van der Waals surface area contributed by atoms with E-state index in [0.717, 1.165) is 12.1 Å². The topological polar surface area (TPSA) is 46.5 Å². The van der Waals surface area contributed by atoms with Gasteiger partial charge in [-0.1, -0.05) is 0 Å². The fraction of sp³-hybridized carbons (Fsp3) is 0.222. The largest absolute Gasteiger partial charge is 0.493 e. The molecule has 0 amide bonds. The van der Waals surface area contributed by atoms with Gasteiger partial charge in [-0.05, 0) is 0 Å². The Hall–Kier alpha value is -1.65. The summed E-state index contributed by atoms with van der Waals surface area (Å²) in [6.07, 6.45) is -0.210. The van der Waals surface area contributed by atoms with E-state index in [1.807, 2.05) is 0 Å². The number of hydrogen-bond donors (Lipinski definition) is 1. The minimum Gasteiger partial charge on any atom is -0.493 e. The Labute approximate surface area is 78.9 Å². The molecule has 1 N–H and O–H groups in total. The maximum absolute atomic E-state index is 12.6. The number of aliphatic carboxylic acids is 1. The molecule has 0 fully saturated rings. The van der Waals surface area contributed by atoms with Gasteiger partial charge in [0, 0.05) is 18.2 Å². The summed E-state index contributed by atoms with van der Waals surface area (Å²) in [6, 6.07) is 2.69. The highest BCUT2D eigenvalue weighted by molar-refractivity contribution is 5.66. The molecule has 0 aliphatic rings. The number of carboxylic acids is 1. The Bertz CT molecular complexity index is 319. The van der Waals surface area contributed by atoms with Gasteiger partial charge in [-0.3, -0.25) is 4.79 Å². The quantitative estimate of drug-likeness (QED) is 0.809. The number of halogens is 2. The average molecular weight is 202 g/mol. The SMILES string of the molecule is O=C(O)CCOc1cc(F)cc(F)c1. The highest BCUT2D eigenvalue weighted by atomic mass is 19.1. The molecule has 0 saturated carbocycles. The molecular formula is C9H8F2O3. The molecule has 1 aromatic rings. The second kappa shape index (κ2) is 4.55. The molecule has 76 valence electrons. The summed E-state index contributed by atoms with van der Waals surface area (Å²) in [6.45, 7) is -0.113. The van der Waals surface area contributed by atoms with Crippen molar-refractivity contribution in [2.75, 3.05) is 6.61 Å². The van der Waals surface area contributed by atoms with E-state index in [-0.39, 0.29) is 18.8 Å². The van der Waals surface area contributed by atoms with Crippen LogP contribution in [-0.2, 0) is 4.79 Å². The lowest BCUT2D eigenvalue weighted by Gasteiger charge is -2.04. The van der Waals surface area contributed by atoms with Crippen LogP contribution in [0.25, 0.3) is 0 Å². The molecule has 0 spiro atoms. The van der Waals surface area contributed by atoms with Crippen LogP contribution in [0.1, 0.15) is 6.42 Å². The van der Waals surface area contributed by atoms with Crippen LogP contribution in [0.5, 0.6) is 5.75 Å². The van der Waals surface area contributed by atoms with E-state index in [1.165, 1.54) is 0 Å². The van der Waals surface area contributed by atoms with Crippen molar-refractivity contribution in [3.8, 4) is 5.75 Å². The third-order valence-corrected chi connectivity index (χ3v) is 1.42. The van der Waals surface area contributed by atoms with Gasteiger partial charge in [-0.25, -0.2) is 8.78 Å². The first-order valence-electron chi connectivity index (χ1n) is 3.88. The van der Waals surface area contributed by atoms with Crippen LogP contribution in [0, 0.1) is 11.6 Å². The maximum Gasteiger partial charge on any atom is 0.306 e. The van der Waals surface area contributed by atoms with Crippen LogP contribution in [0.3, 0.4) is 0 Å². The van der Waals surface area contributed by atoms with E-state index in [2.05, 4.69) is 0 Å². The molecule has 0 radical (unpaired) electrons. The highest BCUT2D eigenvalue weighted by Gasteiger charge is 2.02. The van der Waals surface area contributed by atoms with E-state index in [1.54, 1.807) is 0 Å². The summed E-state index contributed by atoms with van der Waals surface area (Å²) in [7, 11) is 0. The molecule has 0 atom stereocenters. The summed E-state index contributed by atoms with van der Waals surface area (Å²) in [5, 5.41) is 8.27. The van der Waals surface area contributed by atoms with Crippen molar-refractivity contribution >= 4 is 5.97 Å². The smallest absolute Gasteiger partial charge is 0.306 e. The lowest BCUT2D eigenvalue weighted by molar-refractivity contribution is -0.137. The number of hydrogen-bond acceptors (Lipinski definition) is 2. The first-order chi connectivity index (χ1) is 6.58. The van der Waals surface area contributed by atoms with Crippen LogP contribution in [0.15, 0.2) is 18.2 Å². The molecule has 0 aromatic heterocycles. The summed E-state index contributed by atoms with van der Waals surface area (Å²) >= 11 is 0. The van der Waals surface area contributed by atoms with Crippen molar-refractivity contribution in [2.24, 2.45) is 0 Å². The third kappa shape index (κ3) is 3.38. The predicted octanol–water partition coefficient (Wildman–Crippen LogP) is 1.82. The van der Waals surface area contributed by atoms with E-state index in [0.29, 0.717) is 6.07 Å². The van der Waals surface area contributed by atoms with Gasteiger partial charge in [-0.15, -0.1) is 0 Å². The van der Waals surface area contributed by atoms with Crippen molar-refractivity contribution in [1.29, 1.82) is 0 Å². The van der Waals surface area contributed by atoms with Crippen LogP contribution in [-0.4, -0.2) is 17.7 Å². The van der Waals surface area contributed by atoms with Crippen LogP contribution < -0.4 is 4.74 Å². The van der Waals surface area contributed by atoms with E-state index in [4.69, 9.17) is 9.84 Å². The van der Waals surface area contributed by atoms with Gasteiger partial charge in [0.2, 0.25) is 0 Å². The Morgan fingerprint density at radius 2 is 1.86 bits per heavy atom. The minimum absolute atomic E-state index is 0.0104. The van der Waals surface area contributed by atoms with Gasteiger partial charge in [0.05, 0.1) is 13.0 Å². The molecule has 0 bridgehead atoms. The first kappa shape index (κ1) is 10.4. The molecule has 0 aliphatic carbocycles. The number of carboxylic acid groups (broad SMARTS) is 1. The van der Waals surface area contributed by atoms with Gasteiger partial charge in [0.1, 0.15) is 17.4 Å². The van der Waals surface area contributed by atoms with Crippen molar-refractivity contribution in [2.45, 2.75) is 6.42 Å². The highest BCUT2D eigenvalue weighted by Crippen LogP contribution is 2.15. The molecule has 14 heavy (non-hydrogen) atoms.